The van der Waals surface area contributed by atoms with E-state index >= 15 is 0 Å². The van der Waals surface area contributed by atoms with Gasteiger partial charge in [-0.25, -0.2) is 4.79 Å². The van der Waals surface area contributed by atoms with E-state index in [1.807, 2.05) is 38.7 Å². The number of nitrogens with zero attached hydrogens (tertiary/aromatic N) is 2. The molecule has 2 aliphatic heterocycles. The van der Waals surface area contributed by atoms with Gasteiger partial charge in [0.05, 0.1) is 11.6 Å². The van der Waals surface area contributed by atoms with Crippen LogP contribution < -0.4 is 4.74 Å². The van der Waals surface area contributed by atoms with Crippen molar-refractivity contribution < 1.29 is 14.3 Å². The number of fused-ring (bicyclic) bond motifs is 2. The molecule has 0 saturated carbocycles. The number of ether oxygens (including phenoxy) is 2. The second-order valence-corrected chi connectivity index (χ2v) is 9.17. The van der Waals surface area contributed by atoms with Crippen molar-refractivity contribution in [2.75, 3.05) is 26.2 Å². The SMILES string of the molecule is Cc1c(Br)c(Cl)cc2c1OCC[C@H]1CN(C(=O)OC(C)(C)C)CCN1C2. The van der Waals surface area contributed by atoms with E-state index < -0.39 is 5.60 Å². The Bertz CT molecular complexity index is 705. The molecule has 26 heavy (non-hydrogen) atoms. The number of carbonyl (C=O) groups is 1. The van der Waals surface area contributed by atoms with Crippen molar-refractivity contribution in [1.82, 2.24) is 9.80 Å². The van der Waals surface area contributed by atoms with Gasteiger partial charge in [0.25, 0.3) is 0 Å². The Balaban J connectivity index is 1.75. The van der Waals surface area contributed by atoms with Crippen LogP contribution in [-0.2, 0) is 11.3 Å². The summed E-state index contributed by atoms with van der Waals surface area (Å²) in [4.78, 5) is 16.6. The van der Waals surface area contributed by atoms with E-state index in [4.69, 9.17) is 21.1 Å². The third-order valence-corrected chi connectivity index (χ3v) is 6.35. The Kier molecular flexibility index (Phi) is 5.75. The monoisotopic (exact) mass is 444 g/mol. The van der Waals surface area contributed by atoms with E-state index in [-0.39, 0.29) is 12.1 Å². The fourth-order valence-electron chi connectivity index (χ4n) is 3.50. The largest absolute Gasteiger partial charge is 0.493 e. The Labute approximate surface area is 168 Å². The summed E-state index contributed by atoms with van der Waals surface area (Å²) in [5, 5.41) is 0.703. The first-order chi connectivity index (χ1) is 12.2. The lowest BCUT2D eigenvalue weighted by Gasteiger charge is -2.43. The lowest BCUT2D eigenvalue weighted by Crippen LogP contribution is -2.55. The number of carbonyl (C=O) groups excluding carboxylic acids is 1. The Hall–Kier alpha value is -0.980. The fraction of sp³-hybridized carbons (Fsp3) is 0.632. The third-order valence-electron chi connectivity index (χ3n) is 4.80. The van der Waals surface area contributed by atoms with Crippen LogP contribution in [0.4, 0.5) is 4.79 Å². The zero-order chi connectivity index (χ0) is 19.1. The Morgan fingerprint density at radius 1 is 1.38 bits per heavy atom. The van der Waals surface area contributed by atoms with Gasteiger partial charge in [-0.15, -0.1) is 0 Å². The van der Waals surface area contributed by atoms with Crippen LogP contribution in [0.5, 0.6) is 5.75 Å². The third kappa shape index (κ3) is 4.29. The average molecular weight is 446 g/mol. The van der Waals surface area contributed by atoms with Crippen molar-refractivity contribution in [2.24, 2.45) is 0 Å². The first-order valence-corrected chi connectivity index (χ1v) is 10.1. The zero-order valence-electron chi connectivity index (χ0n) is 15.8. The molecule has 0 unspecified atom stereocenters. The summed E-state index contributed by atoms with van der Waals surface area (Å²) in [6.45, 7) is 11.2. The predicted octanol–water partition coefficient (Wildman–Crippen LogP) is 4.61. The maximum atomic E-state index is 12.4. The molecule has 2 heterocycles. The molecule has 0 aromatic heterocycles. The van der Waals surface area contributed by atoms with E-state index in [1.54, 1.807) is 0 Å². The highest BCUT2D eigenvalue weighted by atomic mass is 79.9. The number of halogens is 2. The minimum Gasteiger partial charge on any atom is -0.493 e. The first kappa shape index (κ1) is 19.8. The molecule has 2 aliphatic rings. The summed E-state index contributed by atoms with van der Waals surface area (Å²) in [6, 6.07) is 2.24. The smallest absolute Gasteiger partial charge is 0.410 e. The standard InChI is InChI=1S/C19H26BrClN2O3/c1-12-16(20)15(21)9-13-10-22-6-7-23(18(24)26-19(2,3)4)11-14(22)5-8-25-17(12)13/h9,14H,5-8,10-11H2,1-4H3/t14-/m0/s1. The van der Waals surface area contributed by atoms with Crippen molar-refractivity contribution in [3.05, 3.63) is 26.7 Å². The molecule has 1 aromatic carbocycles. The highest BCUT2D eigenvalue weighted by molar-refractivity contribution is 9.10. The normalized spacial score (nSPS) is 21.2. The molecule has 1 aromatic rings. The first-order valence-electron chi connectivity index (χ1n) is 8.98. The second kappa shape index (κ2) is 7.56. The van der Waals surface area contributed by atoms with Crippen molar-refractivity contribution in [3.63, 3.8) is 0 Å². The summed E-state index contributed by atoms with van der Waals surface area (Å²) in [6.07, 6.45) is 0.640. The van der Waals surface area contributed by atoms with E-state index in [9.17, 15) is 4.79 Å². The van der Waals surface area contributed by atoms with Crippen molar-refractivity contribution in [1.29, 1.82) is 0 Å². The maximum absolute atomic E-state index is 12.4. The molecule has 3 rings (SSSR count). The number of rotatable bonds is 0. The molecule has 7 heteroatoms. The quantitative estimate of drug-likeness (QED) is 0.584. The Morgan fingerprint density at radius 3 is 2.81 bits per heavy atom. The summed E-state index contributed by atoms with van der Waals surface area (Å²) in [5.41, 5.74) is 1.67. The van der Waals surface area contributed by atoms with E-state index in [1.165, 1.54) is 0 Å². The van der Waals surface area contributed by atoms with Crippen LogP contribution >= 0.6 is 27.5 Å². The number of piperazine rings is 1. The van der Waals surface area contributed by atoms with Crippen LogP contribution in [0.2, 0.25) is 5.02 Å². The minimum absolute atomic E-state index is 0.233. The second-order valence-electron chi connectivity index (χ2n) is 7.97. The van der Waals surface area contributed by atoms with Gasteiger partial charge < -0.3 is 14.4 Å². The minimum atomic E-state index is -0.473. The van der Waals surface area contributed by atoms with Gasteiger partial charge in [-0.1, -0.05) is 11.6 Å². The number of hydrogen-bond donors (Lipinski definition) is 0. The zero-order valence-corrected chi connectivity index (χ0v) is 18.1. The molecule has 0 N–H and O–H groups in total. The lowest BCUT2D eigenvalue weighted by molar-refractivity contribution is -0.00196. The van der Waals surface area contributed by atoms with Gasteiger partial charge in [0.15, 0.2) is 0 Å². The molecule has 0 aliphatic carbocycles. The Morgan fingerprint density at radius 2 is 2.12 bits per heavy atom. The molecule has 1 saturated heterocycles. The molecule has 144 valence electrons. The van der Waals surface area contributed by atoms with Crippen molar-refractivity contribution >= 4 is 33.6 Å². The van der Waals surface area contributed by atoms with E-state index in [0.717, 1.165) is 40.9 Å². The molecule has 5 nitrogen and oxygen atoms in total. The molecule has 1 fully saturated rings. The van der Waals surface area contributed by atoms with Gasteiger partial charge in [-0.2, -0.15) is 0 Å². The average Bonchev–Trinajstić information content (AvgIpc) is 2.53. The van der Waals surface area contributed by atoms with Gasteiger partial charge >= 0.3 is 6.09 Å². The molecule has 0 radical (unpaired) electrons. The molecule has 1 amide bonds. The summed E-state index contributed by atoms with van der Waals surface area (Å²) < 4.78 is 12.5. The summed E-state index contributed by atoms with van der Waals surface area (Å²) in [5.74, 6) is 0.925. The molecular weight excluding hydrogens is 420 g/mol. The highest BCUT2D eigenvalue weighted by Gasteiger charge is 2.33. The van der Waals surface area contributed by atoms with Crippen LogP contribution in [0.25, 0.3) is 0 Å². The van der Waals surface area contributed by atoms with Gasteiger partial charge in [0.2, 0.25) is 0 Å². The van der Waals surface area contributed by atoms with Gasteiger partial charge in [0, 0.05) is 47.8 Å². The van der Waals surface area contributed by atoms with Crippen molar-refractivity contribution in [2.45, 2.75) is 52.3 Å². The topological polar surface area (TPSA) is 42.0 Å². The molecular formula is C19H26BrClN2O3. The van der Waals surface area contributed by atoms with Crippen LogP contribution in [0.15, 0.2) is 10.5 Å². The number of hydrogen-bond acceptors (Lipinski definition) is 4. The fourth-order valence-corrected chi connectivity index (χ4v) is 4.07. The van der Waals surface area contributed by atoms with Gasteiger partial charge in [0.1, 0.15) is 11.4 Å². The molecule has 1 atom stereocenters. The molecule has 0 bridgehead atoms. The number of benzene rings is 1. The number of amides is 1. The van der Waals surface area contributed by atoms with Crippen LogP contribution in [-0.4, -0.2) is 53.8 Å². The van der Waals surface area contributed by atoms with Crippen LogP contribution in [0.1, 0.15) is 38.3 Å². The highest BCUT2D eigenvalue weighted by Crippen LogP contribution is 2.38. The predicted molar refractivity (Wildman–Crippen MR) is 106 cm³/mol. The summed E-state index contributed by atoms with van der Waals surface area (Å²) >= 11 is 9.89. The van der Waals surface area contributed by atoms with Crippen LogP contribution in [0, 0.1) is 6.92 Å². The van der Waals surface area contributed by atoms with E-state index in [2.05, 4.69) is 20.8 Å². The van der Waals surface area contributed by atoms with Gasteiger partial charge in [-0.05, 0) is 56.1 Å². The lowest BCUT2D eigenvalue weighted by atomic mass is 10.0. The summed E-state index contributed by atoms with van der Waals surface area (Å²) in [7, 11) is 0. The van der Waals surface area contributed by atoms with E-state index in [0.29, 0.717) is 24.7 Å². The van der Waals surface area contributed by atoms with Gasteiger partial charge in [-0.3, -0.25) is 4.90 Å². The molecule has 0 spiro atoms. The maximum Gasteiger partial charge on any atom is 0.410 e. The van der Waals surface area contributed by atoms with Crippen molar-refractivity contribution in [3.8, 4) is 5.75 Å². The van der Waals surface area contributed by atoms with Crippen LogP contribution in [0.3, 0.4) is 0 Å².